The smallest absolute Gasteiger partial charge is 0.370 e. The van der Waals surface area contributed by atoms with Crippen molar-refractivity contribution in [2.45, 2.75) is 39.8 Å². The molecule has 0 bridgehead atoms. The van der Waals surface area contributed by atoms with Gasteiger partial charge in [-0.15, -0.1) is 0 Å². The van der Waals surface area contributed by atoms with Gasteiger partial charge in [0, 0.05) is 18.3 Å². The van der Waals surface area contributed by atoms with Gasteiger partial charge in [0.1, 0.15) is 5.82 Å². The Hall–Kier alpha value is -1.33. The van der Waals surface area contributed by atoms with Gasteiger partial charge in [-0.3, -0.25) is 0 Å². The van der Waals surface area contributed by atoms with Crippen molar-refractivity contribution in [1.29, 1.82) is 0 Å². The predicted molar refractivity (Wildman–Crippen MR) is 64.4 cm³/mol. The van der Waals surface area contributed by atoms with E-state index in [1.54, 1.807) is 6.07 Å². The van der Waals surface area contributed by atoms with E-state index in [1.165, 1.54) is 0 Å². The second-order valence-corrected chi connectivity index (χ2v) is 4.59. The minimum absolute atomic E-state index is 0.245. The van der Waals surface area contributed by atoms with E-state index in [4.69, 9.17) is 0 Å². The summed E-state index contributed by atoms with van der Waals surface area (Å²) in [4.78, 5) is 7.08. The third kappa shape index (κ3) is 4.50. The molecule has 1 heterocycles. The lowest BCUT2D eigenvalue weighted by Crippen LogP contribution is -2.15. The van der Waals surface area contributed by atoms with Crippen molar-refractivity contribution in [3.8, 4) is 0 Å². The molecule has 0 spiro atoms. The molecule has 0 atom stereocenters. The largest absolute Gasteiger partial charge is 0.451 e. The zero-order chi connectivity index (χ0) is 13.8. The summed E-state index contributed by atoms with van der Waals surface area (Å²) >= 11 is 0. The maximum atomic E-state index is 12.7. The number of nitrogens with one attached hydrogen (secondary N) is 1. The van der Waals surface area contributed by atoms with Gasteiger partial charge >= 0.3 is 6.18 Å². The highest BCUT2D eigenvalue weighted by Gasteiger charge is 2.35. The summed E-state index contributed by atoms with van der Waals surface area (Å²) in [5, 5.41) is 2.87. The average molecular weight is 261 g/mol. The molecule has 0 unspecified atom stereocenters. The number of aromatic nitrogens is 2. The number of nitrogens with zero attached hydrogens (tertiary/aromatic N) is 2. The van der Waals surface area contributed by atoms with Crippen molar-refractivity contribution in [2.75, 3.05) is 11.9 Å². The maximum Gasteiger partial charge on any atom is 0.451 e. The lowest BCUT2D eigenvalue weighted by molar-refractivity contribution is -0.145. The van der Waals surface area contributed by atoms with Gasteiger partial charge in [-0.05, 0) is 18.8 Å². The van der Waals surface area contributed by atoms with Crippen LogP contribution in [-0.4, -0.2) is 16.5 Å². The zero-order valence-corrected chi connectivity index (χ0v) is 10.8. The fourth-order valence-corrected chi connectivity index (χ4v) is 1.49. The Balaban J connectivity index is 3.03. The molecule has 18 heavy (non-hydrogen) atoms. The normalized spacial score (nSPS) is 11.9. The van der Waals surface area contributed by atoms with Crippen LogP contribution in [0.25, 0.3) is 0 Å². The van der Waals surface area contributed by atoms with Crippen molar-refractivity contribution < 1.29 is 13.2 Å². The van der Waals surface area contributed by atoms with Crippen LogP contribution < -0.4 is 5.32 Å². The molecular weight excluding hydrogens is 243 g/mol. The molecule has 1 aromatic rings. The summed E-state index contributed by atoms with van der Waals surface area (Å²) in [6.45, 7) is 6.41. The molecule has 102 valence electrons. The highest BCUT2D eigenvalue weighted by atomic mass is 19.4. The summed E-state index contributed by atoms with van der Waals surface area (Å²) in [6, 6.07) is 1.59. The monoisotopic (exact) mass is 261 g/mol. The van der Waals surface area contributed by atoms with Crippen LogP contribution in [0.4, 0.5) is 19.0 Å². The first-order valence-corrected chi connectivity index (χ1v) is 6.02. The number of alkyl halides is 3. The van der Waals surface area contributed by atoms with Gasteiger partial charge in [0.15, 0.2) is 0 Å². The van der Waals surface area contributed by atoms with Gasteiger partial charge in [-0.1, -0.05) is 20.8 Å². The van der Waals surface area contributed by atoms with E-state index < -0.39 is 12.0 Å². The van der Waals surface area contributed by atoms with Crippen LogP contribution in [0.2, 0.25) is 0 Å². The van der Waals surface area contributed by atoms with E-state index in [2.05, 4.69) is 15.3 Å². The van der Waals surface area contributed by atoms with E-state index in [1.807, 2.05) is 20.8 Å². The lowest BCUT2D eigenvalue weighted by atomic mass is 10.1. The first kappa shape index (κ1) is 14.7. The topological polar surface area (TPSA) is 37.8 Å². The fourth-order valence-electron chi connectivity index (χ4n) is 1.49. The molecule has 0 amide bonds. The van der Waals surface area contributed by atoms with Crippen LogP contribution in [0.1, 0.15) is 38.7 Å². The zero-order valence-electron chi connectivity index (χ0n) is 10.8. The molecule has 3 nitrogen and oxygen atoms in total. The van der Waals surface area contributed by atoms with Crippen molar-refractivity contribution in [1.82, 2.24) is 9.97 Å². The van der Waals surface area contributed by atoms with Gasteiger partial charge in [-0.2, -0.15) is 13.2 Å². The first-order valence-electron chi connectivity index (χ1n) is 6.02. The van der Waals surface area contributed by atoms with E-state index in [9.17, 15) is 13.2 Å². The van der Waals surface area contributed by atoms with Crippen LogP contribution in [-0.2, 0) is 12.6 Å². The molecule has 1 rings (SSSR count). The lowest BCUT2D eigenvalue weighted by Gasteiger charge is -2.12. The minimum Gasteiger partial charge on any atom is -0.370 e. The average Bonchev–Trinajstić information content (AvgIpc) is 2.24. The van der Waals surface area contributed by atoms with Gasteiger partial charge < -0.3 is 5.32 Å². The quantitative estimate of drug-likeness (QED) is 0.881. The Morgan fingerprint density at radius 2 is 1.94 bits per heavy atom. The minimum atomic E-state index is -4.50. The second kappa shape index (κ2) is 6.02. The van der Waals surface area contributed by atoms with Crippen LogP contribution in [0.5, 0.6) is 0 Å². The number of rotatable bonds is 5. The molecule has 0 radical (unpaired) electrons. The molecule has 0 saturated heterocycles. The molecule has 0 aromatic carbocycles. The van der Waals surface area contributed by atoms with E-state index in [-0.39, 0.29) is 11.7 Å². The summed E-state index contributed by atoms with van der Waals surface area (Å²) in [5.74, 6) is -0.575. The maximum absolute atomic E-state index is 12.7. The Bertz CT molecular complexity index is 389. The molecule has 1 N–H and O–H groups in total. The Morgan fingerprint density at radius 1 is 1.28 bits per heavy atom. The Kier molecular flexibility index (Phi) is 4.93. The SMILES string of the molecule is CCCNc1cc(CC(C)C)nc(C(F)(F)F)n1. The number of halogens is 3. The molecular formula is C12H18F3N3. The number of hydrogen-bond acceptors (Lipinski definition) is 3. The molecule has 0 saturated carbocycles. The van der Waals surface area contributed by atoms with Crippen molar-refractivity contribution in [2.24, 2.45) is 5.92 Å². The molecule has 0 fully saturated rings. The second-order valence-electron chi connectivity index (χ2n) is 4.59. The molecule has 0 aliphatic heterocycles. The van der Waals surface area contributed by atoms with Gasteiger partial charge in [-0.25, -0.2) is 9.97 Å². The predicted octanol–water partition coefficient (Wildman–Crippen LogP) is 3.52. The standard InChI is InChI=1S/C12H18F3N3/c1-4-5-16-10-7-9(6-8(2)3)17-11(18-10)12(13,14)15/h7-8H,4-6H2,1-3H3,(H,16,17,18). The van der Waals surface area contributed by atoms with Crippen molar-refractivity contribution >= 4 is 5.82 Å². The van der Waals surface area contributed by atoms with Gasteiger partial charge in [0.05, 0.1) is 0 Å². The summed E-state index contributed by atoms with van der Waals surface area (Å²) in [7, 11) is 0. The van der Waals surface area contributed by atoms with E-state index in [0.29, 0.717) is 18.7 Å². The van der Waals surface area contributed by atoms with Gasteiger partial charge in [0.2, 0.25) is 5.82 Å². The fraction of sp³-hybridized carbons (Fsp3) is 0.667. The van der Waals surface area contributed by atoms with Crippen LogP contribution in [0.15, 0.2) is 6.07 Å². The van der Waals surface area contributed by atoms with Crippen molar-refractivity contribution in [3.05, 3.63) is 17.6 Å². The molecule has 0 aliphatic rings. The Labute approximate surface area is 105 Å². The number of hydrogen-bond donors (Lipinski definition) is 1. The Morgan fingerprint density at radius 3 is 2.44 bits per heavy atom. The van der Waals surface area contributed by atoms with Crippen molar-refractivity contribution in [3.63, 3.8) is 0 Å². The number of anilines is 1. The first-order chi connectivity index (χ1) is 8.32. The van der Waals surface area contributed by atoms with Crippen LogP contribution in [0.3, 0.4) is 0 Å². The van der Waals surface area contributed by atoms with Crippen LogP contribution in [0, 0.1) is 5.92 Å². The highest BCUT2D eigenvalue weighted by molar-refractivity contribution is 5.36. The van der Waals surface area contributed by atoms with E-state index in [0.717, 1.165) is 6.42 Å². The van der Waals surface area contributed by atoms with Gasteiger partial charge in [0.25, 0.3) is 0 Å². The summed E-state index contributed by atoms with van der Waals surface area (Å²) in [5.41, 5.74) is 0.422. The molecule has 1 aromatic heterocycles. The summed E-state index contributed by atoms with van der Waals surface area (Å²) < 4.78 is 38.0. The van der Waals surface area contributed by atoms with E-state index >= 15 is 0 Å². The molecule has 0 aliphatic carbocycles. The summed E-state index contributed by atoms with van der Waals surface area (Å²) in [6.07, 6.45) is -3.17. The highest BCUT2D eigenvalue weighted by Crippen LogP contribution is 2.27. The molecule has 6 heteroatoms. The van der Waals surface area contributed by atoms with Crippen LogP contribution >= 0.6 is 0 Å². The third-order valence-electron chi connectivity index (χ3n) is 2.21. The third-order valence-corrected chi connectivity index (χ3v) is 2.21.